The van der Waals surface area contributed by atoms with Crippen molar-refractivity contribution in [1.82, 2.24) is 15.3 Å². The molecule has 5 heteroatoms. The van der Waals surface area contributed by atoms with E-state index < -0.39 is 0 Å². The lowest BCUT2D eigenvalue weighted by Gasteiger charge is -2.19. The van der Waals surface area contributed by atoms with Gasteiger partial charge in [-0.15, -0.1) is 11.3 Å². The molecule has 0 aromatic carbocycles. The average molecular weight is 315 g/mol. The van der Waals surface area contributed by atoms with Crippen LogP contribution in [0.25, 0.3) is 0 Å². The maximum absolute atomic E-state index is 12.5. The molecule has 2 heterocycles. The van der Waals surface area contributed by atoms with Gasteiger partial charge in [-0.25, -0.2) is 4.98 Å². The molecule has 1 fully saturated rings. The third-order valence-corrected chi connectivity index (χ3v) is 4.88. The minimum absolute atomic E-state index is 0.00465. The number of pyridine rings is 1. The predicted octanol–water partition coefficient (Wildman–Crippen LogP) is 3.68. The van der Waals surface area contributed by atoms with Gasteiger partial charge in [0.2, 0.25) is 0 Å². The molecular formula is C17H21N3OS. The molecule has 2 aromatic heterocycles. The zero-order valence-electron chi connectivity index (χ0n) is 13.0. The van der Waals surface area contributed by atoms with Crippen molar-refractivity contribution in [2.45, 2.75) is 45.6 Å². The number of hydrogen-bond acceptors (Lipinski definition) is 4. The Hall–Kier alpha value is -1.75. The van der Waals surface area contributed by atoms with Gasteiger partial charge in [0.05, 0.1) is 16.7 Å². The first-order valence-corrected chi connectivity index (χ1v) is 8.73. The topological polar surface area (TPSA) is 54.9 Å². The normalized spacial score (nSPS) is 15.5. The molecule has 1 aliphatic carbocycles. The number of rotatable bonds is 6. The highest BCUT2D eigenvalue weighted by atomic mass is 32.1. The van der Waals surface area contributed by atoms with Gasteiger partial charge in [-0.05, 0) is 50.2 Å². The van der Waals surface area contributed by atoms with Gasteiger partial charge < -0.3 is 5.32 Å². The molecule has 1 amide bonds. The Labute approximate surface area is 135 Å². The second-order valence-corrected chi connectivity index (χ2v) is 6.81. The van der Waals surface area contributed by atoms with E-state index in [1.807, 2.05) is 24.4 Å². The van der Waals surface area contributed by atoms with Gasteiger partial charge in [0, 0.05) is 11.6 Å². The maximum atomic E-state index is 12.5. The number of amides is 1. The summed E-state index contributed by atoms with van der Waals surface area (Å²) < 4.78 is 0. The Morgan fingerprint density at radius 3 is 3.00 bits per heavy atom. The van der Waals surface area contributed by atoms with Crippen LogP contribution in [-0.4, -0.2) is 15.9 Å². The van der Waals surface area contributed by atoms with E-state index in [2.05, 4.69) is 22.2 Å². The lowest BCUT2D eigenvalue weighted by atomic mass is 10.0. The van der Waals surface area contributed by atoms with Crippen LogP contribution in [0.5, 0.6) is 0 Å². The molecule has 1 saturated carbocycles. The number of thiazole rings is 1. The highest BCUT2D eigenvalue weighted by molar-refractivity contribution is 7.09. The van der Waals surface area contributed by atoms with E-state index in [0.29, 0.717) is 11.6 Å². The molecule has 0 saturated heterocycles. The van der Waals surface area contributed by atoms with Crippen LogP contribution in [0.2, 0.25) is 0 Å². The molecule has 0 aliphatic heterocycles. The summed E-state index contributed by atoms with van der Waals surface area (Å²) in [4.78, 5) is 21.4. The van der Waals surface area contributed by atoms with E-state index in [4.69, 9.17) is 0 Å². The molecule has 116 valence electrons. The predicted molar refractivity (Wildman–Crippen MR) is 88.0 cm³/mol. The Balaban J connectivity index is 1.76. The second-order valence-electron chi connectivity index (χ2n) is 5.87. The van der Waals surface area contributed by atoms with Crippen molar-refractivity contribution in [3.63, 3.8) is 0 Å². The largest absolute Gasteiger partial charge is 0.342 e. The van der Waals surface area contributed by atoms with E-state index in [0.717, 1.165) is 41.9 Å². The van der Waals surface area contributed by atoms with Crippen molar-refractivity contribution in [2.75, 3.05) is 0 Å². The average Bonchev–Trinajstić information content (AvgIpc) is 3.25. The molecule has 0 radical (unpaired) electrons. The zero-order chi connectivity index (χ0) is 15.5. The van der Waals surface area contributed by atoms with Crippen LogP contribution in [0.1, 0.15) is 59.0 Å². The van der Waals surface area contributed by atoms with Crippen molar-refractivity contribution in [3.05, 3.63) is 45.7 Å². The molecule has 0 spiro atoms. The van der Waals surface area contributed by atoms with Gasteiger partial charge in [0.15, 0.2) is 0 Å². The third-order valence-electron chi connectivity index (χ3n) is 3.97. The number of aryl methyl sites for hydroxylation is 2. The molecule has 1 atom stereocenters. The Bertz CT molecular complexity index is 663. The smallest absolute Gasteiger partial charge is 0.271 e. The van der Waals surface area contributed by atoms with Crippen LogP contribution in [0, 0.1) is 12.8 Å². The van der Waals surface area contributed by atoms with Crippen molar-refractivity contribution >= 4 is 17.2 Å². The number of carbonyl (C=O) groups excluding carboxylic acids is 1. The number of aromatic nitrogens is 2. The summed E-state index contributed by atoms with van der Waals surface area (Å²) in [7, 11) is 0. The third kappa shape index (κ3) is 3.35. The lowest BCUT2D eigenvalue weighted by molar-refractivity contribution is 0.0926. The van der Waals surface area contributed by atoms with Gasteiger partial charge in [-0.1, -0.05) is 13.0 Å². The van der Waals surface area contributed by atoms with Crippen molar-refractivity contribution in [1.29, 1.82) is 0 Å². The van der Waals surface area contributed by atoms with Gasteiger partial charge in [0.25, 0.3) is 5.91 Å². The van der Waals surface area contributed by atoms with E-state index in [9.17, 15) is 4.79 Å². The van der Waals surface area contributed by atoms with Crippen LogP contribution in [-0.2, 0) is 6.42 Å². The summed E-state index contributed by atoms with van der Waals surface area (Å²) in [5.74, 6) is 0.423. The fraction of sp³-hybridized carbons (Fsp3) is 0.471. The Morgan fingerprint density at radius 2 is 2.32 bits per heavy atom. The number of carbonyl (C=O) groups is 1. The van der Waals surface area contributed by atoms with E-state index in [1.165, 1.54) is 0 Å². The summed E-state index contributed by atoms with van der Waals surface area (Å²) >= 11 is 1.56. The molecule has 4 nitrogen and oxygen atoms in total. The van der Waals surface area contributed by atoms with Crippen molar-refractivity contribution in [2.24, 2.45) is 5.92 Å². The first-order chi connectivity index (χ1) is 10.7. The van der Waals surface area contributed by atoms with Crippen molar-refractivity contribution < 1.29 is 4.79 Å². The van der Waals surface area contributed by atoms with Gasteiger partial charge >= 0.3 is 0 Å². The highest BCUT2D eigenvalue weighted by Crippen LogP contribution is 2.41. The van der Waals surface area contributed by atoms with Crippen LogP contribution >= 0.6 is 11.3 Å². The monoisotopic (exact) mass is 315 g/mol. The molecule has 22 heavy (non-hydrogen) atoms. The van der Waals surface area contributed by atoms with Gasteiger partial charge in [-0.3, -0.25) is 9.78 Å². The standard InChI is InChI=1S/C17H21N3OS/c1-3-5-14-19-13(10-22-14)17(21)20-16(12-7-8-12)15-11(2)6-4-9-18-15/h4,6,9-10,12,16H,3,5,7-8H2,1-2H3,(H,20,21)/t16-/m1/s1. The maximum Gasteiger partial charge on any atom is 0.271 e. The quantitative estimate of drug-likeness (QED) is 0.884. The van der Waals surface area contributed by atoms with Crippen LogP contribution < -0.4 is 5.32 Å². The number of nitrogens with one attached hydrogen (secondary N) is 1. The van der Waals surface area contributed by atoms with E-state index in [-0.39, 0.29) is 11.9 Å². The fourth-order valence-electron chi connectivity index (χ4n) is 2.62. The molecule has 1 N–H and O–H groups in total. The number of hydrogen-bond donors (Lipinski definition) is 1. The van der Waals surface area contributed by atoms with Gasteiger partial charge in [-0.2, -0.15) is 0 Å². The summed E-state index contributed by atoms with van der Waals surface area (Å²) in [5.41, 5.74) is 2.65. The molecule has 0 bridgehead atoms. The summed E-state index contributed by atoms with van der Waals surface area (Å²) in [6, 6.07) is 3.98. The zero-order valence-corrected chi connectivity index (χ0v) is 13.8. The SMILES string of the molecule is CCCc1nc(C(=O)N[C@@H](c2ncccc2C)C2CC2)cs1. The van der Waals surface area contributed by atoms with Crippen molar-refractivity contribution in [3.8, 4) is 0 Å². The minimum Gasteiger partial charge on any atom is -0.342 e. The minimum atomic E-state index is -0.0828. The van der Waals surface area contributed by atoms with Crippen LogP contribution in [0.3, 0.4) is 0 Å². The Kier molecular flexibility index (Phi) is 4.52. The first-order valence-electron chi connectivity index (χ1n) is 7.85. The number of nitrogens with zero attached hydrogens (tertiary/aromatic N) is 2. The summed E-state index contributed by atoms with van der Waals surface area (Å²) in [5, 5.41) is 6.04. The molecular weight excluding hydrogens is 294 g/mol. The van der Waals surface area contributed by atoms with Crippen LogP contribution in [0.4, 0.5) is 0 Å². The fourth-order valence-corrected chi connectivity index (χ4v) is 3.50. The van der Waals surface area contributed by atoms with Crippen LogP contribution in [0.15, 0.2) is 23.7 Å². The summed E-state index contributed by atoms with van der Waals surface area (Å²) in [6.45, 7) is 4.17. The molecule has 2 aromatic rings. The lowest BCUT2D eigenvalue weighted by Crippen LogP contribution is -2.31. The molecule has 3 rings (SSSR count). The molecule has 0 unspecified atom stereocenters. The Morgan fingerprint density at radius 1 is 1.50 bits per heavy atom. The van der Waals surface area contributed by atoms with Gasteiger partial charge in [0.1, 0.15) is 5.69 Å². The molecule has 1 aliphatic rings. The first kappa shape index (κ1) is 15.2. The van der Waals surface area contributed by atoms with E-state index >= 15 is 0 Å². The summed E-state index contributed by atoms with van der Waals surface area (Å²) in [6.07, 6.45) is 6.08. The second kappa shape index (κ2) is 6.57. The highest BCUT2D eigenvalue weighted by Gasteiger charge is 2.35. The van der Waals surface area contributed by atoms with E-state index in [1.54, 1.807) is 17.5 Å².